The predicted molar refractivity (Wildman–Crippen MR) is 74.1 cm³/mol. The van der Waals surface area contributed by atoms with Gasteiger partial charge in [-0.1, -0.05) is 0 Å². The molecule has 1 unspecified atom stereocenters. The Morgan fingerprint density at radius 1 is 1.55 bits per heavy atom. The molecule has 1 aromatic rings. The molecule has 110 valence electrons. The molecule has 0 fully saturated rings. The molecule has 0 bridgehead atoms. The van der Waals surface area contributed by atoms with E-state index in [0.717, 1.165) is 13.2 Å². The maximum atomic E-state index is 13.4. The first kappa shape index (κ1) is 16.4. The summed E-state index contributed by atoms with van der Waals surface area (Å²) in [5.74, 6) is -1.09. The molecule has 20 heavy (non-hydrogen) atoms. The van der Waals surface area contributed by atoms with Crippen LogP contribution in [-0.4, -0.2) is 30.7 Å². The highest BCUT2D eigenvalue weighted by molar-refractivity contribution is 9.10. The summed E-state index contributed by atoms with van der Waals surface area (Å²) in [4.78, 5) is 27.8. The number of benzene rings is 1. The summed E-state index contributed by atoms with van der Waals surface area (Å²) in [7, 11) is 1.16. The lowest BCUT2D eigenvalue weighted by molar-refractivity contribution is -0.736. The Kier molecular flexibility index (Phi) is 5.87. The molecule has 0 aliphatic heterocycles. The number of carbonyl (C=O) groups excluding carboxylic acids is 1. The van der Waals surface area contributed by atoms with Gasteiger partial charge in [-0.15, -0.1) is 0 Å². The van der Waals surface area contributed by atoms with Crippen molar-refractivity contribution >= 4 is 33.3 Å². The zero-order valence-corrected chi connectivity index (χ0v) is 12.9. The van der Waals surface area contributed by atoms with Crippen molar-refractivity contribution in [1.29, 1.82) is 0 Å². The third-order valence-corrected chi connectivity index (χ3v) is 3.02. The summed E-state index contributed by atoms with van der Waals surface area (Å²) in [6.45, 7) is 3.50. The number of rotatable bonds is 6. The number of nitrogens with one attached hydrogen (secondary N) is 1. The van der Waals surface area contributed by atoms with Crippen LogP contribution in [0.5, 0.6) is 0 Å². The van der Waals surface area contributed by atoms with E-state index in [0.29, 0.717) is 4.47 Å². The van der Waals surface area contributed by atoms with Gasteiger partial charge in [0.1, 0.15) is 17.5 Å². The average Bonchev–Trinajstić information content (AvgIpc) is 2.40. The van der Waals surface area contributed by atoms with Crippen LogP contribution in [0.15, 0.2) is 16.6 Å². The number of hydrogen-bond donors (Lipinski definition) is 1. The van der Waals surface area contributed by atoms with Crippen molar-refractivity contribution in [3.05, 3.63) is 27.3 Å². The standard InChI is InChI=1S/C12H15BrFN2O4/c1-4-20-12(17)7(2)15-11-9(13)5-8(14)6-10(11)16(18)19-3/h5-7,15H,4H2,1-3H3/q+1. The molecule has 0 saturated heterocycles. The SMILES string of the molecule is CCOC(=O)C(C)Nc1c(Br)cc(F)cc1[N+](=O)OC. The number of hydrogen-bond acceptors (Lipinski definition) is 5. The molecule has 8 heteroatoms. The van der Waals surface area contributed by atoms with Crippen LogP contribution in [-0.2, 0) is 14.4 Å². The third-order valence-electron chi connectivity index (χ3n) is 2.40. The molecule has 1 atom stereocenters. The Hall–Kier alpha value is -1.70. The minimum absolute atomic E-state index is 0.0875. The maximum Gasteiger partial charge on any atom is 0.343 e. The van der Waals surface area contributed by atoms with E-state index in [9.17, 15) is 14.1 Å². The van der Waals surface area contributed by atoms with E-state index in [4.69, 9.17) is 4.74 Å². The van der Waals surface area contributed by atoms with E-state index in [2.05, 4.69) is 26.1 Å². The minimum atomic E-state index is -0.708. The fourth-order valence-electron chi connectivity index (χ4n) is 1.49. The van der Waals surface area contributed by atoms with Crippen LogP contribution in [0.1, 0.15) is 13.8 Å². The van der Waals surface area contributed by atoms with Gasteiger partial charge in [0.2, 0.25) is 0 Å². The summed E-state index contributed by atoms with van der Waals surface area (Å²) in [5.41, 5.74) is 0.152. The van der Waals surface area contributed by atoms with Crippen LogP contribution < -0.4 is 5.32 Å². The van der Waals surface area contributed by atoms with Crippen molar-refractivity contribution in [3.63, 3.8) is 0 Å². The van der Waals surface area contributed by atoms with Gasteiger partial charge in [0.15, 0.2) is 7.11 Å². The van der Waals surface area contributed by atoms with Crippen LogP contribution in [0.3, 0.4) is 0 Å². The van der Waals surface area contributed by atoms with Gasteiger partial charge >= 0.3 is 11.7 Å². The fraction of sp³-hybridized carbons (Fsp3) is 0.417. The predicted octanol–water partition coefficient (Wildman–Crippen LogP) is 2.92. The molecule has 0 heterocycles. The van der Waals surface area contributed by atoms with Crippen LogP contribution in [0.2, 0.25) is 0 Å². The normalized spacial score (nSPS) is 11.7. The maximum absolute atomic E-state index is 13.4. The Morgan fingerprint density at radius 3 is 2.75 bits per heavy atom. The summed E-state index contributed by atoms with van der Waals surface area (Å²) in [5, 5.41) is 2.80. The van der Waals surface area contributed by atoms with Gasteiger partial charge in [-0.3, -0.25) is 0 Å². The fourth-order valence-corrected chi connectivity index (χ4v) is 2.02. The van der Waals surface area contributed by atoms with Crippen molar-refractivity contribution in [1.82, 2.24) is 0 Å². The van der Waals surface area contributed by atoms with Gasteiger partial charge in [0, 0.05) is 0 Å². The number of nitrogens with zero attached hydrogens (tertiary/aromatic N) is 1. The molecule has 6 nitrogen and oxygen atoms in total. The van der Waals surface area contributed by atoms with E-state index in [1.165, 1.54) is 6.07 Å². The zero-order valence-electron chi connectivity index (χ0n) is 11.3. The topological polar surface area (TPSA) is 67.6 Å². The highest BCUT2D eigenvalue weighted by Gasteiger charge is 2.27. The second kappa shape index (κ2) is 7.18. The molecule has 0 aromatic heterocycles. The molecule has 0 aliphatic carbocycles. The Labute approximate surface area is 123 Å². The third kappa shape index (κ3) is 3.89. The second-order valence-electron chi connectivity index (χ2n) is 3.84. The lowest BCUT2D eigenvalue weighted by Crippen LogP contribution is -2.28. The highest BCUT2D eigenvalue weighted by atomic mass is 79.9. The highest BCUT2D eigenvalue weighted by Crippen LogP contribution is 2.34. The number of ether oxygens (including phenoxy) is 1. The van der Waals surface area contributed by atoms with Gasteiger partial charge < -0.3 is 10.1 Å². The Balaban J connectivity index is 3.10. The lowest BCUT2D eigenvalue weighted by atomic mass is 10.2. The minimum Gasteiger partial charge on any atom is -0.464 e. The first-order valence-corrected chi connectivity index (χ1v) is 6.63. The smallest absolute Gasteiger partial charge is 0.343 e. The van der Waals surface area contributed by atoms with Gasteiger partial charge in [-0.2, -0.15) is 0 Å². The molecule has 1 aromatic carbocycles. The first-order chi connectivity index (χ1) is 9.40. The van der Waals surface area contributed by atoms with Crippen molar-refractivity contribution in [2.24, 2.45) is 0 Å². The van der Waals surface area contributed by atoms with Crippen LogP contribution in [0.4, 0.5) is 15.8 Å². The number of halogens is 2. The van der Waals surface area contributed by atoms with E-state index < -0.39 is 17.8 Å². The molecular weight excluding hydrogens is 335 g/mol. The first-order valence-electron chi connectivity index (χ1n) is 5.84. The van der Waals surface area contributed by atoms with Gasteiger partial charge in [0.05, 0.1) is 22.1 Å². The van der Waals surface area contributed by atoms with E-state index >= 15 is 0 Å². The van der Waals surface area contributed by atoms with E-state index in [-0.39, 0.29) is 22.9 Å². The second-order valence-corrected chi connectivity index (χ2v) is 4.69. The molecule has 0 radical (unpaired) electrons. The monoisotopic (exact) mass is 349 g/mol. The number of esters is 1. The largest absolute Gasteiger partial charge is 0.464 e. The van der Waals surface area contributed by atoms with Crippen molar-refractivity contribution in [3.8, 4) is 0 Å². The van der Waals surface area contributed by atoms with Crippen molar-refractivity contribution in [2.75, 3.05) is 19.0 Å². The average molecular weight is 350 g/mol. The Morgan fingerprint density at radius 2 is 2.20 bits per heavy atom. The summed E-state index contributed by atoms with van der Waals surface area (Å²) < 4.78 is 18.5. The van der Waals surface area contributed by atoms with Crippen LogP contribution in [0.25, 0.3) is 0 Å². The summed E-state index contributed by atoms with van der Waals surface area (Å²) >= 11 is 3.14. The molecular formula is C12H15BrFN2O4+. The van der Waals surface area contributed by atoms with Crippen molar-refractivity contribution < 1.29 is 23.7 Å². The van der Waals surface area contributed by atoms with E-state index in [1.54, 1.807) is 13.8 Å². The lowest BCUT2D eigenvalue weighted by Gasteiger charge is -2.14. The summed E-state index contributed by atoms with van der Waals surface area (Å²) in [6, 6.07) is 1.47. The quantitative estimate of drug-likeness (QED) is 0.631. The zero-order chi connectivity index (χ0) is 15.3. The molecule has 0 amide bonds. The summed E-state index contributed by atoms with van der Waals surface area (Å²) in [6.07, 6.45) is 0. The van der Waals surface area contributed by atoms with Crippen LogP contribution in [0, 0.1) is 10.7 Å². The molecule has 1 rings (SSSR count). The van der Waals surface area contributed by atoms with Gasteiger partial charge in [-0.05, 0) is 35.8 Å². The molecule has 1 N–H and O–H groups in total. The van der Waals surface area contributed by atoms with Crippen molar-refractivity contribution in [2.45, 2.75) is 19.9 Å². The number of anilines is 1. The number of carbonyl (C=O) groups is 1. The Bertz CT molecular complexity index is 524. The molecule has 0 saturated carbocycles. The van der Waals surface area contributed by atoms with Gasteiger partial charge in [0.25, 0.3) is 4.92 Å². The van der Waals surface area contributed by atoms with Gasteiger partial charge in [-0.25, -0.2) is 14.0 Å². The van der Waals surface area contributed by atoms with E-state index in [1.807, 2.05) is 0 Å². The molecule has 0 aliphatic rings. The molecule has 0 spiro atoms. The van der Waals surface area contributed by atoms with Crippen LogP contribution >= 0.6 is 15.9 Å².